The zero-order valence-corrected chi connectivity index (χ0v) is 17.8. The van der Waals surface area contributed by atoms with Crippen molar-refractivity contribution in [1.82, 2.24) is 24.9 Å². The predicted molar refractivity (Wildman–Crippen MR) is 117 cm³/mol. The van der Waals surface area contributed by atoms with Gasteiger partial charge in [-0.05, 0) is 26.0 Å². The van der Waals surface area contributed by atoms with Crippen LogP contribution in [-0.4, -0.2) is 57.8 Å². The third kappa shape index (κ3) is 3.13. The Morgan fingerprint density at radius 3 is 2.58 bits per heavy atom. The van der Waals surface area contributed by atoms with E-state index in [9.17, 15) is 0 Å². The average Bonchev–Trinajstić information content (AvgIpc) is 2.72. The van der Waals surface area contributed by atoms with Gasteiger partial charge in [0.25, 0.3) is 0 Å². The molecule has 0 radical (unpaired) electrons. The van der Waals surface area contributed by atoms with E-state index in [1.807, 2.05) is 6.20 Å². The number of aromatic nitrogens is 5. The summed E-state index contributed by atoms with van der Waals surface area (Å²) in [5.41, 5.74) is 4.88. The second-order valence-electron chi connectivity index (χ2n) is 8.96. The molecule has 0 N–H and O–H groups in total. The van der Waals surface area contributed by atoms with Crippen LogP contribution in [0.15, 0.2) is 36.8 Å². The molecule has 6 heterocycles. The fraction of sp³-hybridized carbons (Fsp3) is 0.435. The van der Waals surface area contributed by atoms with Crippen LogP contribution in [0, 0.1) is 12.3 Å². The fourth-order valence-corrected chi connectivity index (χ4v) is 4.90. The molecule has 8 heteroatoms. The van der Waals surface area contributed by atoms with Gasteiger partial charge in [-0.1, -0.05) is 0 Å². The smallest absolute Gasteiger partial charge is 0.197 e. The summed E-state index contributed by atoms with van der Waals surface area (Å²) in [6.45, 7) is 9.06. The lowest BCUT2D eigenvalue weighted by Crippen LogP contribution is -2.66. The van der Waals surface area contributed by atoms with Gasteiger partial charge in [-0.25, -0.2) is 24.9 Å². The zero-order chi connectivity index (χ0) is 21.0. The molecule has 8 nitrogen and oxygen atoms in total. The molecule has 0 bridgehead atoms. The van der Waals surface area contributed by atoms with Gasteiger partial charge in [0.05, 0.1) is 30.4 Å². The van der Waals surface area contributed by atoms with E-state index in [0.29, 0.717) is 17.1 Å². The van der Waals surface area contributed by atoms with Crippen LogP contribution in [0.1, 0.15) is 29.9 Å². The molecule has 0 aliphatic carbocycles. The number of hydrogen-bond acceptors (Lipinski definition) is 8. The molecule has 3 aliphatic rings. The third-order valence-corrected chi connectivity index (χ3v) is 6.62. The largest absolute Gasteiger partial charge is 0.380 e. The molecule has 1 unspecified atom stereocenters. The van der Waals surface area contributed by atoms with Crippen molar-refractivity contribution < 1.29 is 4.74 Å². The van der Waals surface area contributed by atoms with Gasteiger partial charge in [-0.2, -0.15) is 0 Å². The standard InChI is InChI=1S/C23H25N7O/c1-15-8-17(9-20(27-15)29-11-23(12-29)13-31-14-23)30-7-4-19-18(16(30)2)10-26-22(28-19)21-24-5-3-6-25-21/h3,5-6,8-10,16H,4,7,11-14H2,1-2H3. The predicted octanol–water partition coefficient (Wildman–Crippen LogP) is 2.60. The SMILES string of the molecule is Cc1cc(N2CCc3nc(-c4ncccn4)ncc3C2C)cc(N2CC3(COC3)C2)n1. The molecule has 158 valence electrons. The van der Waals surface area contributed by atoms with Crippen molar-refractivity contribution in [2.24, 2.45) is 5.41 Å². The topological polar surface area (TPSA) is 80.2 Å². The maximum absolute atomic E-state index is 5.42. The van der Waals surface area contributed by atoms with Gasteiger partial charge >= 0.3 is 0 Å². The van der Waals surface area contributed by atoms with Gasteiger partial charge in [0.1, 0.15) is 5.82 Å². The highest BCUT2D eigenvalue weighted by atomic mass is 16.5. The van der Waals surface area contributed by atoms with Gasteiger partial charge in [-0.15, -0.1) is 0 Å². The highest BCUT2D eigenvalue weighted by Crippen LogP contribution is 2.41. The molecule has 2 saturated heterocycles. The summed E-state index contributed by atoms with van der Waals surface area (Å²) < 4.78 is 5.42. The van der Waals surface area contributed by atoms with E-state index in [1.165, 1.54) is 5.69 Å². The minimum absolute atomic E-state index is 0.187. The molecular weight excluding hydrogens is 390 g/mol. The number of fused-ring (bicyclic) bond motifs is 1. The Bertz CT molecular complexity index is 1120. The quantitative estimate of drug-likeness (QED) is 0.646. The number of aryl methyl sites for hydroxylation is 1. The van der Waals surface area contributed by atoms with Crippen LogP contribution in [0.25, 0.3) is 11.6 Å². The third-order valence-electron chi connectivity index (χ3n) is 6.62. The lowest BCUT2D eigenvalue weighted by atomic mass is 9.78. The summed E-state index contributed by atoms with van der Waals surface area (Å²) in [7, 11) is 0. The lowest BCUT2D eigenvalue weighted by molar-refractivity contribution is -0.127. The molecule has 6 rings (SSSR count). The summed E-state index contributed by atoms with van der Waals surface area (Å²) >= 11 is 0. The maximum atomic E-state index is 5.42. The second kappa shape index (κ2) is 6.95. The average molecular weight is 416 g/mol. The number of hydrogen-bond donors (Lipinski definition) is 0. The molecule has 31 heavy (non-hydrogen) atoms. The number of nitrogens with zero attached hydrogens (tertiary/aromatic N) is 7. The normalized spacial score (nSPS) is 21.4. The number of rotatable bonds is 3. The van der Waals surface area contributed by atoms with Crippen LogP contribution in [0.3, 0.4) is 0 Å². The fourth-order valence-electron chi connectivity index (χ4n) is 4.90. The van der Waals surface area contributed by atoms with E-state index in [2.05, 4.69) is 50.7 Å². The van der Waals surface area contributed by atoms with Crippen molar-refractivity contribution >= 4 is 11.5 Å². The summed E-state index contributed by atoms with van der Waals surface area (Å²) in [6, 6.07) is 6.40. The van der Waals surface area contributed by atoms with E-state index in [4.69, 9.17) is 14.7 Å². The van der Waals surface area contributed by atoms with Gasteiger partial charge in [-0.3, -0.25) is 0 Å². The van der Waals surface area contributed by atoms with E-state index in [1.54, 1.807) is 18.5 Å². The van der Waals surface area contributed by atoms with Crippen LogP contribution < -0.4 is 9.80 Å². The highest BCUT2D eigenvalue weighted by molar-refractivity contribution is 5.60. The number of anilines is 2. The number of ether oxygens (including phenoxy) is 1. The highest BCUT2D eigenvalue weighted by Gasteiger charge is 2.49. The Morgan fingerprint density at radius 1 is 1.03 bits per heavy atom. The summed E-state index contributed by atoms with van der Waals surface area (Å²) in [4.78, 5) is 27.5. The summed E-state index contributed by atoms with van der Waals surface area (Å²) in [6.07, 6.45) is 6.24. The first-order valence-corrected chi connectivity index (χ1v) is 10.8. The molecule has 0 aromatic carbocycles. The van der Waals surface area contributed by atoms with Gasteiger partial charge in [0.15, 0.2) is 11.6 Å². The van der Waals surface area contributed by atoms with Crippen molar-refractivity contribution in [3.05, 3.63) is 53.7 Å². The van der Waals surface area contributed by atoms with Crippen LogP contribution in [0.4, 0.5) is 11.5 Å². The molecule has 3 aromatic heterocycles. The molecule has 1 spiro atoms. The molecule has 2 fully saturated rings. The van der Waals surface area contributed by atoms with Crippen molar-refractivity contribution in [1.29, 1.82) is 0 Å². The van der Waals surface area contributed by atoms with Crippen molar-refractivity contribution in [2.75, 3.05) is 42.6 Å². The minimum Gasteiger partial charge on any atom is -0.380 e. The molecule has 0 saturated carbocycles. The molecule has 1 atom stereocenters. The van der Waals surface area contributed by atoms with Crippen molar-refractivity contribution in [3.63, 3.8) is 0 Å². The first kappa shape index (κ1) is 18.6. The first-order valence-electron chi connectivity index (χ1n) is 10.8. The number of pyridine rings is 1. The van der Waals surface area contributed by atoms with Gasteiger partial charge in [0.2, 0.25) is 0 Å². The second-order valence-corrected chi connectivity index (χ2v) is 8.96. The van der Waals surface area contributed by atoms with Gasteiger partial charge < -0.3 is 14.5 Å². The van der Waals surface area contributed by atoms with E-state index >= 15 is 0 Å². The van der Waals surface area contributed by atoms with E-state index in [-0.39, 0.29) is 6.04 Å². The first-order chi connectivity index (χ1) is 15.1. The van der Waals surface area contributed by atoms with Crippen LogP contribution in [0.2, 0.25) is 0 Å². The Balaban J connectivity index is 1.26. The summed E-state index contributed by atoms with van der Waals surface area (Å²) in [5.74, 6) is 2.23. The molecular formula is C23H25N7O. The van der Waals surface area contributed by atoms with Crippen LogP contribution >= 0.6 is 0 Å². The Labute approximate surface area is 181 Å². The monoisotopic (exact) mass is 415 g/mol. The van der Waals surface area contributed by atoms with Crippen LogP contribution in [-0.2, 0) is 11.2 Å². The lowest BCUT2D eigenvalue weighted by Gasteiger charge is -2.55. The van der Waals surface area contributed by atoms with E-state index < -0.39 is 0 Å². The zero-order valence-electron chi connectivity index (χ0n) is 17.8. The van der Waals surface area contributed by atoms with Gasteiger partial charge in [0, 0.05) is 67.7 Å². The minimum atomic E-state index is 0.187. The van der Waals surface area contributed by atoms with Crippen molar-refractivity contribution in [3.8, 4) is 11.6 Å². The Morgan fingerprint density at radius 2 is 1.84 bits per heavy atom. The van der Waals surface area contributed by atoms with Crippen LogP contribution in [0.5, 0.6) is 0 Å². The molecule has 3 aliphatic heterocycles. The molecule has 3 aromatic rings. The Hall–Kier alpha value is -3.13. The Kier molecular flexibility index (Phi) is 4.17. The molecule has 0 amide bonds. The van der Waals surface area contributed by atoms with Crippen molar-refractivity contribution in [2.45, 2.75) is 26.3 Å². The van der Waals surface area contributed by atoms with E-state index in [0.717, 1.165) is 62.0 Å². The summed E-state index contributed by atoms with van der Waals surface area (Å²) in [5, 5.41) is 0. The maximum Gasteiger partial charge on any atom is 0.197 e.